The lowest BCUT2D eigenvalue weighted by Crippen LogP contribution is -2.01. The predicted molar refractivity (Wildman–Crippen MR) is 61.7 cm³/mol. The van der Waals surface area contributed by atoms with E-state index in [0.29, 0.717) is 0 Å². The second-order valence-corrected chi connectivity index (χ2v) is 4.94. The zero-order valence-corrected chi connectivity index (χ0v) is 8.76. The molecule has 1 fully saturated rings. The average Bonchev–Trinajstić information content (AvgIpc) is 2.90. The van der Waals surface area contributed by atoms with E-state index in [2.05, 4.69) is 29.6 Å². The lowest BCUT2D eigenvalue weighted by Gasteiger charge is -1.96. The maximum Gasteiger partial charge on any atom is 0.0345 e. The Morgan fingerprint density at radius 3 is 3.00 bits per heavy atom. The quantitative estimate of drug-likeness (QED) is 0.798. The summed E-state index contributed by atoms with van der Waals surface area (Å²) in [5, 5.41) is 3.75. The van der Waals surface area contributed by atoms with Gasteiger partial charge in [0.25, 0.3) is 0 Å². The van der Waals surface area contributed by atoms with Crippen molar-refractivity contribution in [2.75, 3.05) is 6.54 Å². The summed E-state index contributed by atoms with van der Waals surface area (Å²) in [5.74, 6) is 1.49. The molecule has 3 rings (SSSR count). The zero-order valence-electron chi connectivity index (χ0n) is 7.94. The lowest BCUT2D eigenvalue weighted by atomic mass is 10.1. The van der Waals surface area contributed by atoms with Crippen molar-refractivity contribution in [1.29, 1.82) is 0 Å². The molecule has 1 aromatic heterocycles. The molecule has 72 valence electrons. The summed E-state index contributed by atoms with van der Waals surface area (Å²) < 4.78 is 1.41. The van der Waals surface area contributed by atoms with Gasteiger partial charge in [-0.05, 0) is 47.2 Å². The molecule has 0 bridgehead atoms. The number of thiophene rings is 1. The van der Waals surface area contributed by atoms with E-state index in [1.54, 1.807) is 0 Å². The molecule has 0 amide bonds. The standard InChI is InChI=1S/C12H13NS/c13-6-8-5-10(8)11-7-14-12-4-2-1-3-9(11)12/h1-4,7-8,10H,5-6,13H2/t8-,10+/m0/s1. The first-order chi connectivity index (χ1) is 6.90. The molecule has 0 saturated heterocycles. The fourth-order valence-corrected chi connectivity index (χ4v) is 3.20. The molecular weight excluding hydrogens is 190 g/mol. The van der Waals surface area contributed by atoms with E-state index in [-0.39, 0.29) is 0 Å². The van der Waals surface area contributed by atoms with Gasteiger partial charge in [0.05, 0.1) is 0 Å². The van der Waals surface area contributed by atoms with E-state index in [4.69, 9.17) is 5.73 Å². The fourth-order valence-electron chi connectivity index (χ4n) is 2.17. The molecule has 14 heavy (non-hydrogen) atoms. The molecule has 2 heteroatoms. The van der Waals surface area contributed by atoms with Crippen LogP contribution in [-0.4, -0.2) is 6.54 Å². The molecule has 1 aliphatic carbocycles. The number of rotatable bonds is 2. The molecule has 2 N–H and O–H groups in total. The minimum Gasteiger partial charge on any atom is -0.330 e. The summed E-state index contributed by atoms with van der Waals surface area (Å²) in [6.07, 6.45) is 1.29. The normalized spacial score (nSPS) is 25.5. The molecule has 1 aliphatic rings. The van der Waals surface area contributed by atoms with E-state index in [1.807, 2.05) is 11.3 Å². The molecule has 1 aromatic carbocycles. The van der Waals surface area contributed by atoms with Crippen molar-refractivity contribution in [2.24, 2.45) is 11.7 Å². The summed E-state index contributed by atoms with van der Waals surface area (Å²) in [4.78, 5) is 0. The van der Waals surface area contributed by atoms with Gasteiger partial charge in [-0.2, -0.15) is 0 Å². The van der Waals surface area contributed by atoms with Crippen LogP contribution in [0.3, 0.4) is 0 Å². The maximum atomic E-state index is 5.68. The van der Waals surface area contributed by atoms with Crippen molar-refractivity contribution in [3.8, 4) is 0 Å². The van der Waals surface area contributed by atoms with Crippen LogP contribution in [-0.2, 0) is 0 Å². The fraction of sp³-hybridized carbons (Fsp3) is 0.333. The van der Waals surface area contributed by atoms with Gasteiger partial charge in [0.15, 0.2) is 0 Å². The van der Waals surface area contributed by atoms with Crippen molar-refractivity contribution in [2.45, 2.75) is 12.3 Å². The van der Waals surface area contributed by atoms with E-state index in [9.17, 15) is 0 Å². The molecule has 2 aromatic rings. The summed E-state index contributed by atoms with van der Waals surface area (Å²) in [6, 6.07) is 8.66. The lowest BCUT2D eigenvalue weighted by molar-refractivity contribution is 0.813. The van der Waals surface area contributed by atoms with Gasteiger partial charge in [0.2, 0.25) is 0 Å². The Kier molecular flexibility index (Phi) is 1.85. The Morgan fingerprint density at radius 2 is 2.21 bits per heavy atom. The third-order valence-corrected chi connectivity index (χ3v) is 4.12. The van der Waals surface area contributed by atoms with Gasteiger partial charge in [-0.15, -0.1) is 11.3 Å². The van der Waals surface area contributed by atoms with Crippen LogP contribution < -0.4 is 5.73 Å². The molecule has 1 nitrogen and oxygen atoms in total. The van der Waals surface area contributed by atoms with Gasteiger partial charge < -0.3 is 5.73 Å². The molecule has 0 spiro atoms. The predicted octanol–water partition coefficient (Wildman–Crippen LogP) is 2.96. The van der Waals surface area contributed by atoms with Gasteiger partial charge in [-0.3, -0.25) is 0 Å². The van der Waals surface area contributed by atoms with Crippen LogP contribution in [0.15, 0.2) is 29.6 Å². The largest absolute Gasteiger partial charge is 0.330 e. The highest BCUT2D eigenvalue weighted by Gasteiger charge is 2.38. The zero-order chi connectivity index (χ0) is 9.54. The summed E-state index contributed by atoms with van der Waals surface area (Å²) in [7, 11) is 0. The van der Waals surface area contributed by atoms with Crippen molar-refractivity contribution >= 4 is 21.4 Å². The highest BCUT2D eigenvalue weighted by molar-refractivity contribution is 7.17. The van der Waals surface area contributed by atoms with Crippen LogP contribution in [0.1, 0.15) is 17.9 Å². The van der Waals surface area contributed by atoms with Crippen LogP contribution in [0.4, 0.5) is 0 Å². The van der Waals surface area contributed by atoms with Gasteiger partial charge in [-0.1, -0.05) is 18.2 Å². The first-order valence-corrected chi connectivity index (χ1v) is 5.94. The van der Waals surface area contributed by atoms with E-state index >= 15 is 0 Å². The van der Waals surface area contributed by atoms with Crippen molar-refractivity contribution in [1.82, 2.24) is 0 Å². The second-order valence-electron chi connectivity index (χ2n) is 4.03. The number of nitrogens with two attached hydrogens (primary N) is 1. The molecular formula is C12H13NS. The minimum absolute atomic E-state index is 0.744. The van der Waals surface area contributed by atoms with Crippen molar-refractivity contribution < 1.29 is 0 Å². The first kappa shape index (κ1) is 8.45. The van der Waals surface area contributed by atoms with E-state index in [1.165, 1.54) is 22.1 Å². The Morgan fingerprint density at radius 1 is 1.36 bits per heavy atom. The molecule has 0 radical (unpaired) electrons. The van der Waals surface area contributed by atoms with Crippen LogP contribution in [0.25, 0.3) is 10.1 Å². The smallest absolute Gasteiger partial charge is 0.0345 e. The summed E-state index contributed by atoms with van der Waals surface area (Å²) >= 11 is 1.85. The Balaban J connectivity index is 2.06. The van der Waals surface area contributed by atoms with Crippen LogP contribution in [0.2, 0.25) is 0 Å². The van der Waals surface area contributed by atoms with Crippen molar-refractivity contribution in [3.05, 3.63) is 35.2 Å². The topological polar surface area (TPSA) is 26.0 Å². The highest BCUT2D eigenvalue weighted by Crippen LogP contribution is 2.50. The van der Waals surface area contributed by atoms with Gasteiger partial charge in [0, 0.05) is 4.70 Å². The number of hydrogen-bond acceptors (Lipinski definition) is 2. The molecule has 1 saturated carbocycles. The summed E-state index contributed by atoms with van der Waals surface area (Å²) in [6.45, 7) is 0.842. The van der Waals surface area contributed by atoms with E-state index in [0.717, 1.165) is 18.4 Å². The Labute approximate surface area is 87.5 Å². The highest BCUT2D eigenvalue weighted by atomic mass is 32.1. The SMILES string of the molecule is NC[C@@H]1C[C@H]1c1csc2ccccc12. The van der Waals surface area contributed by atoms with Crippen LogP contribution in [0.5, 0.6) is 0 Å². The van der Waals surface area contributed by atoms with Gasteiger partial charge >= 0.3 is 0 Å². The second kappa shape index (κ2) is 3.07. The third kappa shape index (κ3) is 1.18. The monoisotopic (exact) mass is 203 g/mol. The molecule has 0 aliphatic heterocycles. The number of benzene rings is 1. The average molecular weight is 203 g/mol. The first-order valence-electron chi connectivity index (χ1n) is 5.06. The van der Waals surface area contributed by atoms with Crippen molar-refractivity contribution in [3.63, 3.8) is 0 Å². The number of hydrogen-bond donors (Lipinski definition) is 1. The summed E-state index contributed by atoms with van der Waals surface area (Å²) in [5.41, 5.74) is 7.21. The molecule has 1 heterocycles. The molecule has 2 atom stereocenters. The Hall–Kier alpha value is -0.860. The number of fused-ring (bicyclic) bond motifs is 1. The van der Waals surface area contributed by atoms with Gasteiger partial charge in [0.1, 0.15) is 0 Å². The Bertz CT molecular complexity index is 460. The minimum atomic E-state index is 0.744. The maximum absolute atomic E-state index is 5.68. The van der Waals surface area contributed by atoms with Crippen LogP contribution >= 0.6 is 11.3 Å². The van der Waals surface area contributed by atoms with Crippen LogP contribution in [0, 0.1) is 5.92 Å². The van der Waals surface area contributed by atoms with E-state index < -0.39 is 0 Å². The molecule has 0 unspecified atom stereocenters. The third-order valence-electron chi connectivity index (χ3n) is 3.14. The van der Waals surface area contributed by atoms with Gasteiger partial charge in [-0.25, -0.2) is 0 Å².